The van der Waals surface area contributed by atoms with E-state index >= 15 is 0 Å². The van der Waals surface area contributed by atoms with Crippen LogP contribution in [0.15, 0.2) is 66.7 Å². The van der Waals surface area contributed by atoms with Crippen LogP contribution in [-0.2, 0) is 0 Å². The number of Topliss-reactive ketones (excluding diaryl/α,β-unsaturated/α-hetero) is 1. The standard InChI is InChI=1S/C23H17Cl4NO3/c24-11-10-21(22(29)14-4-6-15(25)7-5-14)31-18-3-1-2-17(13-18)28-23(30)19-9-8-16(26)12-20(19)27/h1-9,12-13,21H,10-11H2,(H,28,30). The molecule has 1 N–H and O–H groups in total. The number of halogens is 4. The molecule has 3 aromatic rings. The van der Waals surface area contributed by atoms with Gasteiger partial charge in [-0.1, -0.05) is 40.9 Å². The lowest BCUT2D eigenvalue weighted by molar-refractivity contribution is 0.0787. The van der Waals surface area contributed by atoms with E-state index < -0.39 is 12.0 Å². The van der Waals surface area contributed by atoms with Crippen molar-refractivity contribution in [2.45, 2.75) is 12.5 Å². The van der Waals surface area contributed by atoms with E-state index in [1.165, 1.54) is 6.07 Å². The van der Waals surface area contributed by atoms with Gasteiger partial charge in [-0.25, -0.2) is 0 Å². The van der Waals surface area contributed by atoms with Crippen LogP contribution in [0.4, 0.5) is 5.69 Å². The Balaban J connectivity index is 1.75. The van der Waals surface area contributed by atoms with Crippen molar-refractivity contribution in [2.24, 2.45) is 0 Å². The Hall–Kier alpha value is -2.24. The summed E-state index contributed by atoms with van der Waals surface area (Å²) in [6.07, 6.45) is -0.463. The number of ketones is 1. The molecule has 8 heteroatoms. The van der Waals surface area contributed by atoms with Crippen LogP contribution in [0, 0.1) is 0 Å². The number of anilines is 1. The molecular weight excluding hydrogens is 480 g/mol. The van der Waals surface area contributed by atoms with Gasteiger partial charge in [0.1, 0.15) is 5.75 Å². The molecule has 0 aliphatic rings. The number of benzene rings is 3. The lowest BCUT2D eigenvalue weighted by atomic mass is 10.0. The third-order valence-electron chi connectivity index (χ3n) is 4.34. The van der Waals surface area contributed by atoms with E-state index in [4.69, 9.17) is 51.1 Å². The summed E-state index contributed by atoms with van der Waals surface area (Å²) in [5, 5.41) is 3.98. The van der Waals surface area contributed by atoms with Gasteiger partial charge in [0.25, 0.3) is 5.91 Å². The first-order valence-electron chi connectivity index (χ1n) is 9.26. The maximum absolute atomic E-state index is 12.8. The molecule has 0 fully saturated rings. The normalized spacial score (nSPS) is 11.6. The van der Waals surface area contributed by atoms with Crippen molar-refractivity contribution in [3.63, 3.8) is 0 Å². The quantitative estimate of drug-likeness (QED) is 0.266. The predicted molar refractivity (Wildman–Crippen MR) is 126 cm³/mol. The van der Waals surface area contributed by atoms with E-state index in [-0.39, 0.29) is 22.2 Å². The van der Waals surface area contributed by atoms with Gasteiger partial charge in [-0.3, -0.25) is 9.59 Å². The van der Waals surface area contributed by atoms with Gasteiger partial charge in [0.2, 0.25) is 5.78 Å². The fourth-order valence-electron chi connectivity index (χ4n) is 2.83. The summed E-state index contributed by atoms with van der Waals surface area (Å²) >= 11 is 23.8. The zero-order chi connectivity index (χ0) is 22.4. The molecule has 0 heterocycles. The molecule has 1 unspecified atom stereocenters. The van der Waals surface area contributed by atoms with Gasteiger partial charge in [-0.15, -0.1) is 11.6 Å². The number of carbonyl (C=O) groups excluding carboxylic acids is 2. The van der Waals surface area contributed by atoms with Gasteiger partial charge in [-0.2, -0.15) is 0 Å². The second kappa shape index (κ2) is 10.9. The lowest BCUT2D eigenvalue weighted by Gasteiger charge is -2.18. The third kappa shape index (κ3) is 6.37. The fourth-order valence-corrected chi connectivity index (χ4v) is 3.64. The van der Waals surface area contributed by atoms with Crippen molar-refractivity contribution in [3.05, 3.63) is 92.9 Å². The lowest BCUT2D eigenvalue weighted by Crippen LogP contribution is -2.28. The summed E-state index contributed by atoms with van der Waals surface area (Å²) < 4.78 is 5.91. The van der Waals surface area contributed by atoms with Crippen LogP contribution < -0.4 is 10.1 Å². The van der Waals surface area contributed by atoms with Crippen LogP contribution >= 0.6 is 46.4 Å². The molecule has 4 nitrogen and oxygen atoms in total. The zero-order valence-electron chi connectivity index (χ0n) is 16.1. The first-order valence-corrected chi connectivity index (χ1v) is 10.9. The Morgan fingerprint density at radius 1 is 0.903 bits per heavy atom. The summed E-state index contributed by atoms with van der Waals surface area (Å²) in [5.74, 6) is 0.0562. The van der Waals surface area contributed by atoms with Crippen molar-refractivity contribution >= 4 is 63.8 Å². The number of alkyl halides is 1. The summed E-state index contributed by atoms with van der Waals surface area (Å²) in [6, 6.07) is 17.9. The molecule has 0 spiro atoms. The highest BCUT2D eigenvalue weighted by atomic mass is 35.5. The fraction of sp³-hybridized carbons (Fsp3) is 0.130. The molecule has 0 bridgehead atoms. The average Bonchev–Trinajstić information content (AvgIpc) is 2.73. The van der Waals surface area contributed by atoms with Gasteiger partial charge in [-0.05, 0) is 54.6 Å². The smallest absolute Gasteiger partial charge is 0.257 e. The van der Waals surface area contributed by atoms with Gasteiger partial charge in [0, 0.05) is 39.7 Å². The molecule has 0 saturated carbocycles. The molecule has 0 aromatic heterocycles. The van der Waals surface area contributed by atoms with Crippen molar-refractivity contribution in [2.75, 3.05) is 11.2 Å². The molecule has 1 atom stereocenters. The number of carbonyl (C=O) groups is 2. The first-order chi connectivity index (χ1) is 14.9. The van der Waals surface area contributed by atoms with Crippen LogP contribution in [0.5, 0.6) is 5.75 Å². The molecule has 3 aromatic carbocycles. The Morgan fingerprint density at radius 3 is 2.29 bits per heavy atom. The average molecular weight is 497 g/mol. The van der Waals surface area contributed by atoms with E-state index in [1.807, 2.05) is 0 Å². The van der Waals surface area contributed by atoms with Crippen molar-refractivity contribution in [3.8, 4) is 5.75 Å². The number of rotatable bonds is 8. The Bertz CT molecular complexity index is 1090. The van der Waals surface area contributed by atoms with Gasteiger partial charge in [0.15, 0.2) is 6.10 Å². The minimum Gasteiger partial charge on any atom is -0.482 e. The highest BCUT2D eigenvalue weighted by Gasteiger charge is 2.22. The Morgan fingerprint density at radius 2 is 1.61 bits per heavy atom. The molecule has 0 saturated heterocycles. The third-order valence-corrected chi connectivity index (χ3v) is 5.36. The monoisotopic (exact) mass is 495 g/mol. The van der Waals surface area contributed by atoms with E-state index in [9.17, 15) is 9.59 Å². The predicted octanol–water partition coefficient (Wildman–Crippen LogP) is 7.16. The number of ether oxygens (including phenoxy) is 1. The SMILES string of the molecule is O=C(Nc1cccc(OC(CCCl)C(=O)c2ccc(Cl)cc2)c1)c1ccc(Cl)cc1Cl. The molecule has 1 amide bonds. The van der Waals surface area contributed by atoms with Crippen LogP contribution in [-0.4, -0.2) is 23.7 Å². The minimum absolute atomic E-state index is 0.209. The first kappa shape index (κ1) is 23.4. The van der Waals surface area contributed by atoms with E-state index in [0.29, 0.717) is 33.5 Å². The van der Waals surface area contributed by atoms with Gasteiger partial charge in [0.05, 0.1) is 10.6 Å². The molecule has 0 radical (unpaired) electrons. The molecule has 160 valence electrons. The Kier molecular flexibility index (Phi) is 8.22. The van der Waals surface area contributed by atoms with Crippen LogP contribution in [0.25, 0.3) is 0 Å². The molecule has 3 rings (SSSR count). The maximum Gasteiger partial charge on any atom is 0.257 e. The highest BCUT2D eigenvalue weighted by molar-refractivity contribution is 6.37. The van der Waals surface area contributed by atoms with Crippen molar-refractivity contribution in [1.82, 2.24) is 0 Å². The van der Waals surface area contributed by atoms with Gasteiger partial charge >= 0.3 is 0 Å². The van der Waals surface area contributed by atoms with E-state index in [2.05, 4.69) is 5.32 Å². The van der Waals surface area contributed by atoms with E-state index in [0.717, 1.165) is 0 Å². The second-order valence-corrected chi connectivity index (χ2v) is 8.22. The van der Waals surface area contributed by atoms with Gasteiger partial charge < -0.3 is 10.1 Å². The minimum atomic E-state index is -0.782. The number of amides is 1. The van der Waals surface area contributed by atoms with Crippen molar-refractivity contribution < 1.29 is 14.3 Å². The summed E-state index contributed by atoms with van der Waals surface area (Å²) in [7, 11) is 0. The molecule has 0 aliphatic carbocycles. The number of hydrogen-bond acceptors (Lipinski definition) is 3. The topological polar surface area (TPSA) is 55.4 Å². The molecule has 31 heavy (non-hydrogen) atoms. The second-order valence-electron chi connectivity index (χ2n) is 6.56. The van der Waals surface area contributed by atoms with Crippen LogP contribution in [0.2, 0.25) is 15.1 Å². The summed E-state index contributed by atoms with van der Waals surface area (Å²) in [5.41, 5.74) is 1.24. The summed E-state index contributed by atoms with van der Waals surface area (Å²) in [6.45, 7) is 0. The summed E-state index contributed by atoms with van der Waals surface area (Å²) in [4.78, 5) is 25.4. The van der Waals surface area contributed by atoms with E-state index in [1.54, 1.807) is 60.7 Å². The number of hydrogen-bond donors (Lipinski definition) is 1. The zero-order valence-corrected chi connectivity index (χ0v) is 19.1. The maximum atomic E-state index is 12.8. The van der Waals surface area contributed by atoms with Crippen LogP contribution in [0.1, 0.15) is 27.1 Å². The number of nitrogens with one attached hydrogen (secondary N) is 1. The highest BCUT2D eigenvalue weighted by Crippen LogP contribution is 2.25. The largest absolute Gasteiger partial charge is 0.482 e. The van der Waals surface area contributed by atoms with Crippen LogP contribution in [0.3, 0.4) is 0 Å². The Labute approximate surface area is 200 Å². The van der Waals surface area contributed by atoms with Crippen molar-refractivity contribution in [1.29, 1.82) is 0 Å². The molecule has 0 aliphatic heterocycles. The molecular formula is C23H17Cl4NO3.